The minimum atomic E-state index is 0.156. The molecular formula is C13H19ClN6. The predicted octanol–water partition coefficient (Wildman–Crippen LogP) is 2.95. The highest BCUT2D eigenvalue weighted by molar-refractivity contribution is 6.28. The van der Waals surface area contributed by atoms with Crippen molar-refractivity contribution >= 4 is 17.5 Å². The van der Waals surface area contributed by atoms with Gasteiger partial charge in [-0.15, -0.1) is 0 Å². The standard InChI is InChI=1S/C13H19ClN6/c1-4-9(2)8-10(3)16-12-17-11(14)18-13(19-12)20-7-5-6-15-20/h5-7,9-10H,4,8H2,1-3H3,(H,16,17,18,19). The van der Waals surface area contributed by atoms with E-state index in [9.17, 15) is 0 Å². The van der Waals surface area contributed by atoms with Crippen LogP contribution in [0, 0.1) is 5.92 Å². The zero-order valence-corrected chi connectivity index (χ0v) is 12.7. The summed E-state index contributed by atoms with van der Waals surface area (Å²) in [5.74, 6) is 1.54. The largest absolute Gasteiger partial charge is 0.352 e. The summed E-state index contributed by atoms with van der Waals surface area (Å²) in [7, 11) is 0. The smallest absolute Gasteiger partial charge is 0.256 e. The molecule has 0 aliphatic heterocycles. The van der Waals surface area contributed by atoms with Crippen LogP contribution < -0.4 is 5.32 Å². The number of hydrogen-bond acceptors (Lipinski definition) is 5. The fraction of sp³-hybridized carbons (Fsp3) is 0.538. The Morgan fingerprint density at radius 1 is 1.30 bits per heavy atom. The molecule has 20 heavy (non-hydrogen) atoms. The van der Waals surface area contributed by atoms with Gasteiger partial charge < -0.3 is 5.32 Å². The van der Waals surface area contributed by atoms with Crippen LogP contribution in [0.15, 0.2) is 18.5 Å². The molecule has 0 radical (unpaired) electrons. The normalized spacial score (nSPS) is 14.0. The lowest BCUT2D eigenvalue weighted by atomic mass is 10.0. The molecule has 0 bridgehead atoms. The molecule has 0 saturated carbocycles. The zero-order valence-electron chi connectivity index (χ0n) is 11.9. The van der Waals surface area contributed by atoms with E-state index in [1.807, 2.05) is 0 Å². The molecule has 0 fully saturated rings. The second kappa shape index (κ2) is 6.65. The fourth-order valence-corrected chi connectivity index (χ4v) is 2.10. The van der Waals surface area contributed by atoms with Crippen LogP contribution in [0.4, 0.5) is 5.95 Å². The molecule has 2 aromatic rings. The number of hydrogen-bond donors (Lipinski definition) is 1. The Morgan fingerprint density at radius 3 is 2.75 bits per heavy atom. The quantitative estimate of drug-likeness (QED) is 0.887. The van der Waals surface area contributed by atoms with E-state index in [0.29, 0.717) is 17.8 Å². The third-order valence-electron chi connectivity index (χ3n) is 3.13. The Balaban J connectivity index is 2.12. The molecule has 7 heteroatoms. The van der Waals surface area contributed by atoms with Gasteiger partial charge in [-0.1, -0.05) is 20.3 Å². The van der Waals surface area contributed by atoms with E-state index in [0.717, 1.165) is 12.8 Å². The molecule has 0 aliphatic carbocycles. The molecule has 2 unspecified atom stereocenters. The second-order valence-corrected chi connectivity index (χ2v) is 5.31. The van der Waals surface area contributed by atoms with Crippen LogP contribution in [-0.4, -0.2) is 30.8 Å². The van der Waals surface area contributed by atoms with Crippen molar-refractivity contribution in [3.05, 3.63) is 23.7 Å². The zero-order chi connectivity index (χ0) is 14.5. The van der Waals surface area contributed by atoms with Gasteiger partial charge in [0.15, 0.2) is 0 Å². The number of nitrogens with one attached hydrogen (secondary N) is 1. The van der Waals surface area contributed by atoms with Gasteiger partial charge in [-0.3, -0.25) is 0 Å². The molecule has 0 aromatic carbocycles. The average Bonchev–Trinajstić information content (AvgIpc) is 2.91. The highest BCUT2D eigenvalue weighted by Crippen LogP contribution is 2.14. The van der Waals surface area contributed by atoms with E-state index in [-0.39, 0.29) is 11.3 Å². The molecular weight excluding hydrogens is 276 g/mol. The first-order valence-corrected chi connectivity index (χ1v) is 7.14. The van der Waals surface area contributed by atoms with Crippen LogP contribution in [-0.2, 0) is 0 Å². The maximum Gasteiger partial charge on any atom is 0.256 e. The van der Waals surface area contributed by atoms with Gasteiger partial charge in [-0.05, 0) is 36.9 Å². The van der Waals surface area contributed by atoms with Crippen molar-refractivity contribution in [3.63, 3.8) is 0 Å². The summed E-state index contributed by atoms with van der Waals surface area (Å²) < 4.78 is 1.55. The first-order chi connectivity index (χ1) is 9.58. The van der Waals surface area contributed by atoms with Crippen molar-refractivity contribution in [3.8, 4) is 5.95 Å². The Morgan fingerprint density at radius 2 is 2.10 bits per heavy atom. The minimum Gasteiger partial charge on any atom is -0.352 e. The van der Waals surface area contributed by atoms with Gasteiger partial charge in [0.1, 0.15) is 0 Å². The number of nitrogens with zero attached hydrogens (tertiary/aromatic N) is 5. The van der Waals surface area contributed by atoms with Crippen LogP contribution in [0.25, 0.3) is 5.95 Å². The van der Waals surface area contributed by atoms with E-state index in [1.54, 1.807) is 23.1 Å². The summed E-state index contributed by atoms with van der Waals surface area (Å²) in [6.45, 7) is 6.53. The number of rotatable bonds is 6. The maximum atomic E-state index is 5.94. The third-order valence-corrected chi connectivity index (χ3v) is 3.30. The summed E-state index contributed by atoms with van der Waals surface area (Å²) in [5, 5.41) is 7.51. The maximum absolute atomic E-state index is 5.94. The molecule has 0 amide bonds. The highest BCUT2D eigenvalue weighted by atomic mass is 35.5. The van der Waals surface area contributed by atoms with E-state index >= 15 is 0 Å². The number of anilines is 1. The van der Waals surface area contributed by atoms with Gasteiger partial charge in [0.25, 0.3) is 5.95 Å². The number of halogens is 1. The van der Waals surface area contributed by atoms with E-state index in [2.05, 4.69) is 46.1 Å². The molecule has 0 aliphatic rings. The third kappa shape index (κ3) is 3.90. The van der Waals surface area contributed by atoms with Crippen molar-refractivity contribution in [2.24, 2.45) is 5.92 Å². The monoisotopic (exact) mass is 294 g/mol. The van der Waals surface area contributed by atoms with Crippen molar-refractivity contribution in [2.45, 2.75) is 39.7 Å². The molecule has 0 saturated heterocycles. The van der Waals surface area contributed by atoms with Gasteiger partial charge in [0.05, 0.1) is 0 Å². The lowest BCUT2D eigenvalue weighted by Crippen LogP contribution is -2.20. The summed E-state index contributed by atoms with van der Waals surface area (Å²) >= 11 is 5.94. The van der Waals surface area contributed by atoms with Crippen LogP contribution in [0.2, 0.25) is 5.28 Å². The Hall–Kier alpha value is -1.69. The average molecular weight is 295 g/mol. The fourth-order valence-electron chi connectivity index (χ4n) is 1.94. The molecule has 1 N–H and O–H groups in total. The molecule has 2 atom stereocenters. The van der Waals surface area contributed by atoms with Gasteiger partial charge in [0.2, 0.25) is 11.2 Å². The molecule has 2 rings (SSSR count). The molecule has 2 aromatic heterocycles. The van der Waals surface area contributed by atoms with Crippen molar-refractivity contribution < 1.29 is 0 Å². The SMILES string of the molecule is CCC(C)CC(C)Nc1nc(Cl)nc(-n2cccn2)n1. The number of aromatic nitrogens is 5. The predicted molar refractivity (Wildman–Crippen MR) is 79.1 cm³/mol. The van der Waals surface area contributed by atoms with E-state index < -0.39 is 0 Å². The molecule has 2 heterocycles. The molecule has 108 valence electrons. The lowest BCUT2D eigenvalue weighted by molar-refractivity contribution is 0.482. The van der Waals surface area contributed by atoms with Crippen LogP contribution in [0.1, 0.15) is 33.6 Å². The van der Waals surface area contributed by atoms with Crippen LogP contribution >= 0.6 is 11.6 Å². The molecule has 0 spiro atoms. The first kappa shape index (κ1) is 14.7. The van der Waals surface area contributed by atoms with E-state index in [4.69, 9.17) is 11.6 Å². The van der Waals surface area contributed by atoms with Gasteiger partial charge in [-0.25, -0.2) is 4.68 Å². The topological polar surface area (TPSA) is 68.5 Å². The highest BCUT2D eigenvalue weighted by Gasteiger charge is 2.11. The first-order valence-electron chi connectivity index (χ1n) is 6.76. The Kier molecular flexibility index (Phi) is 4.89. The Bertz CT molecular complexity index is 542. The summed E-state index contributed by atoms with van der Waals surface area (Å²) in [6, 6.07) is 2.07. The van der Waals surface area contributed by atoms with Gasteiger partial charge in [-0.2, -0.15) is 20.1 Å². The minimum absolute atomic E-state index is 0.156. The van der Waals surface area contributed by atoms with Crippen molar-refractivity contribution in [2.75, 3.05) is 5.32 Å². The summed E-state index contributed by atoms with van der Waals surface area (Å²) in [6.07, 6.45) is 5.63. The summed E-state index contributed by atoms with van der Waals surface area (Å²) in [4.78, 5) is 12.5. The van der Waals surface area contributed by atoms with Crippen molar-refractivity contribution in [1.82, 2.24) is 24.7 Å². The van der Waals surface area contributed by atoms with Crippen molar-refractivity contribution in [1.29, 1.82) is 0 Å². The molecule has 6 nitrogen and oxygen atoms in total. The van der Waals surface area contributed by atoms with Gasteiger partial charge in [0, 0.05) is 18.4 Å². The van der Waals surface area contributed by atoms with Gasteiger partial charge >= 0.3 is 0 Å². The summed E-state index contributed by atoms with van der Waals surface area (Å²) in [5.41, 5.74) is 0. The van der Waals surface area contributed by atoms with E-state index in [1.165, 1.54) is 0 Å². The Labute approximate surface area is 123 Å². The lowest BCUT2D eigenvalue weighted by Gasteiger charge is -2.17. The van der Waals surface area contributed by atoms with Crippen LogP contribution in [0.5, 0.6) is 0 Å². The van der Waals surface area contributed by atoms with Crippen LogP contribution in [0.3, 0.4) is 0 Å². The second-order valence-electron chi connectivity index (χ2n) is 4.97.